The molecule has 2 atom stereocenters. The number of hydrogen-bond donors (Lipinski definition) is 1. The largest absolute Gasteiger partial charge is 0.468 e. The fraction of sp³-hybridized carbons (Fsp3) is 0.733. The molecular weight excluding hydrogens is 224 g/mol. The summed E-state index contributed by atoms with van der Waals surface area (Å²) in [6.07, 6.45) is 4.49. The Morgan fingerprint density at radius 3 is 3.06 bits per heavy atom. The summed E-state index contributed by atoms with van der Waals surface area (Å²) in [4.78, 5) is 2.56. The summed E-state index contributed by atoms with van der Waals surface area (Å²) < 4.78 is 5.67. The number of rotatable bonds is 5. The van der Waals surface area contributed by atoms with E-state index in [2.05, 4.69) is 37.1 Å². The molecule has 1 saturated heterocycles. The molecule has 0 spiro atoms. The number of nitrogens with zero attached hydrogens (tertiary/aromatic N) is 1. The first-order valence-electron chi connectivity index (χ1n) is 7.22. The standard InChI is InChI=1S/C15H26N2O/c1-4-16-10-14-7-9-18-15(14)11-17-8-5-6-12(2)13(17)3/h7,9,12-13,16H,4-6,8,10-11H2,1-3H3. The molecule has 0 amide bonds. The molecule has 1 fully saturated rings. The van der Waals surface area contributed by atoms with Gasteiger partial charge in [-0.15, -0.1) is 0 Å². The van der Waals surface area contributed by atoms with E-state index in [0.717, 1.165) is 31.3 Å². The molecule has 3 heteroatoms. The molecule has 2 heterocycles. The lowest BCUT2D eigenvalue weighted by molar-refractivity contribution is 0.0982. The van der Waals surface area contributed by atoms with Crippen molar-refractivity contribution >= 4 is 0 Å². The summed E-state index contributed by atoms with van der Waals surface area (Å²) in [5.74, 6) is 1.93. The first-order valence-corrected chi connectivity index (χ1v) is 7.22. The Morgan fingerprint density at radius 1 is 1.44 bits per heavy atom. The second-order valence-corrected chi connectivity index (χ2v) is 5.48. The van der Waals surface area contributed by atoms with Crippen molar-refractivity contribution in [2.75, 3.05) is 13.1 Å². The van der Waals surface area contributed by atoms with Gasteiger partial charge in [0.2, 0.25) is 0 Å². The summed E-state index contributed by atoms with van der Waals surface area (Å²) in [6, 6.07) is 2.76. The third kappa shape index (κ3) is 3.15. The maximum Gasteiger partial charge on any atom is 0.122 e. The SMILES string of the molecule is CCNCc1ccoc1CN1CCCC(C)C1C. The van der Waals surface area contributed by atoms with Crippen molar-refractivity contribution < 1.29 is 4.42 Å². The predicted molar refractivity (Wildman–Crippen MR) is 74.4 cm³/mol. The Hall–Kier alpha value is -0.800. The minimum Gasteiger partial charge on any atom is -0.468 e. The number of nitrogens with one attached hydrogen (secondary N) is 1. The molecule has 2 rings (SSSR count). The van der Waals surface area contributed by atoms with Crippen LogP contribution in [0.1, 0.15) is 44.9 Å². The molecule has 0 saturated carbocycles. The Labute approximate surface area is 111 Å². The predicted octanol–water partition coefficient (Wildman–Crippen LogP) is 3.01. The molecule has 1 aromatic heterocycles. The molecule has 102 valence electrons. The van der Waals surface area contributed by atoms with Gasteiger partial charge in [0.05, 0.1) is 12.8 Å². The smallest absolute Gasteiger partial charge is 0.122 e. The molecule has 0 aromatic carbocycles. The van der Waals surface area contributed by atoms with E-state index >= 15 is 0 Å². The zero-order valence-electron chi connectivity index (χ0n) is 11.9. The monoisotopic (exact) mass is 250 g/mol. The molecule has 18 heavy (non-hydrogen) atoms. The normalized spacial score (nSPS) is 25.5. The minimum absolute atomic E-state index is 0.663. The highest BCUT2D eigenvalue weighted by Crippen LogP contribution is 2.25. The topological polar surface area (TPSA) is 28.4 Å². The van der Waals surface area contributed by atoms with Crippen LogP contribution in [0.5, 0.6) is 0 Å². The Kier molecular flexibility index (Phi) is 4.84. The Morgan fingerprint density at radius 2 is 2.28 bits per heavy atom. The van der Waals surface area contributed by atoms with E-state index < -0.39 is 0 Å². The van der Waals surface area contributed by atoms with Crippen LogP contribution in [0.3, 0.4) is 0 Å². The van der Waals surface area contributed by atoms with Gasteiger partial charge in [0.1, 0.15) is 5.76 Å². The van der Waals surface area contributed by atoms with Crippen LogP contribution >= 0.6 is 0 Å². The van der Waals surface area contributed by atoms with Gasteiger partial charge in [-0.25, -0.2) is 0 Å². The lowest BCUT2D eigenvalue weighted by Crippen LogP contribution is -2.41. The quantitative estimate of drug-likeness (QED) is 0.871. The van der Waals surface area contributed by atoms with Gasteiger partial charge >= 0.3 is 0 Å². The third-order valence-corrected chi connectivity index (χ3v) is 4.25. The van der Waals surface area contributed by atoms with Crippen molar-refractivity contribution in [1.29, 1.82) is 0 Å². The lowest BCUT2D eigenvalue weighted by Gasteiger charge is -2.37. The molecular formula is C15H26N2O. The summed E-state index contributed by atoms with van der Waals surface area (Å²) in [5, 5.41) is 3.37. The van der Waals surface area contributed by atoms with Crippen LogP contribution in [0, 0.1) is 5.92 Å². The fourth-order valence-corrected chi connectivity index (χ4v) is 2.75. The van der Waals surface area contributed by atoms with E-state index in [0.29, 0.717) is 6.04 Å². The van der Waals surface area contributed by atoms with E-state index in [9.17, 15) is 0 Å². The average molecular weight is 250 g/mol. The maximum absolute atomic E-state index is 5.67. The minimum atomic E-state index is 0.663. The molecule has 0 radical (unpaired) electrons. The van der Waals surface area contributed by atoms with Gasteiger partial charge in [0, 0.05) is 18.2 Å². The van der Waals surface area contributed by atoms with Crippen molar-refractivity contribution in [2.45, 2.75) is 52.7 Å². The van der Waals surface area contributed by atoms with E-state index in [1.54, 1.807) is 0 Å². The summed E-state index contributed by atoms with van der Waals surface area (Å²) in [6.45, 7) is 10.9. The number of piperidine rings is 1. The zero-order chi connectivity index (χ0) is 13.0. The fourth-order valence-electron chi connectivity index (χ4n) is 2.75. The van der Waals surface area contributed by atoms with E-state index in [1.165, 1.54) is 24.9 Å². The van der Waals surface area contributed by atoms with Crippen LogP contribution in [0.2, 0.25) is 0 Å². The van der Waals surface area contributed by atoms with Crippen molar-refractivity contribution in [3.63, 3.8) is 0 Å². The van der Waals surface area contributed by atoms with Crippen LogP contribution in [0.4, 0.5) is 0 Å². The molecule has 2 unspecified atom stereocenters. The third-order valence-electron chi connectivity index (χ3n) is 4.25. The molecule has 1 aromatic rings. The molecule has 3 nitrogen and oxygen atoms in total. The highest BCUT2D eigenvalue weighted by molar-refractivity contribution is 5.17. The van der Waals surface area contributed by atoms with Crippen molar-refractivity contribution in [3.8, 4) is 0 Å². The molecule has 1 aliphatic rings. The van der Waals surface area contributed by atoms with Crippen molar-refractivity contribution in [2.24, 2.45) is 5.92 Å². The molecule has 0 aliphatic carbocycles. The van der Waals surface area contributed by atoms with Gasteiger partial charge in [-0.1, -0.05) is 13.8 Å². The van der Waals surface area contributed by atoms with Crippen molar-refractivity contribution in [3.05, 3.63) is 23.7 Å². The second kappa shape index (κ2) is 6.39. The van der Waals surface area contributed by atoms with Crippen LogP contribution in [0.25, 0.3) is 0 Å². The molecule has 0 bridgehead atoms. The van der Waals surface area contributed by atoms with Gasteiger partial charge in [-0.2, -0.15) is 0 Å². The van der Waals surface area contributed by atoms with Crippen LogP contribution in [0.15, 0.2) is 16.7 Å². The zero-order valence-corrected chi connectivity index (χ0v) is 11.9. The molecule has 1 N–H and O–H groups in total. The first-order chi connectivity index (χ1) is 8.72. The maximum atomic E-state index is 5.67. The lowest BCUT2D eigenvalue weighted by atomic mass is 9.92. The number of furan rings is 1. The van der Waals surface area contributed by atoms with E-state index in [4.69, 9.17) is 4.42 Å². The van der Waals surface area contributed by atoms with Gasteiger partial charge in [-0.05, 0) is 44.8 Å². The average Bonchev–Trinajstić information content (AvgIpc) is 2.80. The van der Waals surface area contributed by atoms with Crippen LogP contribution < -0.4 is 5.32 Å². The Bertz CT molecular complexity index is 361. The second-order valence-electron chi connectivity index (χ2n) is 5.48. The van der Waals surface area contributed by atoms with Crippen molar-refractivity contribution in [1.82, 2.24) is 10.2 Å². The van der Waals surface area contributed by atoms with Gasteiger partial charge in [0.25, 0.3) is 0 Å². The summed E-state index contributed by atoms with van der Waals surface area (Å²) >= 11 is 0. The van der Waals surface area contributed by atoms with Gasteiger partial charge in [-0.3, -0.25) is 4.90 Å². The number of hydrogen-bond acceptors (Lipinski definition) is 3. The summed E-state index contributed by atoms with van der Waals surface area (Å²) in [7, 11) is 0. The van der Waals surface area contributed by atoms with E-state index in [1.807, 2.05) is 6.26 Å². The number of likely N-dealkylation sites (tertiary alicyclic amines) is 1. The van der Waals surface area contributed by atoms with Gasteiger partial charge in [0.15, 0.2) is 0 Å². The highest BCUT2D eigenvalue weighted by atomic mass is 16.3. The van der Waals surface area contributed by atoms with Crippen LogP contribution in [-0.2, 0) is 13.1 Å². The van der Waals surface area contributed by atoms with E-state index in [-0.39, 0.29) is 0 Å². The first kappa shape index (κ1) is 13.6. The van der Waals surface area contributed by atoms with Crippen LogP contribution in [-0.4, -0.2) is 24.0 Å². The summed E-state index contributed by atoms with van der Waals surface area (Å²) in [5.41, 5.74) is 1.31. The molecule has 1 aliphatic heterocycles. The highest BCUT2D eigenvalue weighted by Gasteiger charge is 2.25. The van der Waals surface area contributed by atoms with Gasteiger partial charge < -0.3 is 9.73 Å². The Balaban J connectivity index is 1.97.